The number of carbonyl (C=O) groups is 1. The van der Waals surface area contributed by atoms with E-state index in [2.05, 4.69) is 11.8 Å². The Bertz CT molecular complexity index is 422. The fourth-order valence-electron chi connectivity index (χ4n) is 2.35. The highest BCUT2D eigenvalue weighted by molar-refractivity contribution is 6.31. The number of carboxylic acid groups (broad SMARTS) is 1. The van der Waals surface area contributed by atoms with Crippen LogP contribution in [0.2, 0.25) is 5.02 Å². The maximum atomic E-state index is 10.9. The van der Waals surface area contributed by atoms with Crippen LogP contribution in [0.15, 0.2) is 24.3 Å². The Morgan fingerprint density at radius 3 is 2.82 bits per heavy atom. The molecule has 1 N–H and O–H groups in total. The Morgan fingerprint density at radius 2 is 2.24 bits per heavy atom. The molecule has 0 amide bonds. The predicted octanol–water partition coefficient (Wildman–Crippen LogP) is 2.81. The average Bonchev–Trinajstić information content (AvgIpc) is 2.78. The van der Waals surface area contributed by atoms with Crippen LogP contribution in [0, 0.1) is 5.92 Å². The summed E-state index contributed by atoms with van der Waals surface area (Å²) in [6.07, 6.45) is 0.726. The summed E-state index contributed by atoms with van der Waals surface area (Å²) in [4.78, 5) is 13.1. The molecular weight excluding hydrogens is 238 g/mol. The molecule has 0 spiro atoms. The van der Waals surface area contributed by atoms with Crippen LogP contribution in [0.4, 0.5) is 0 Å². The summed E-state index contributed by atoms with van der Waals surface area (Å²) in [5.41, 5.74) is 1.07. The van der Waals surface area contributed by atoms with E-state index in [1.54, 1.807) is 0 Å². The fourth-order valence-corrected chi connectivity index (χ4v) is 2.64. The monoisotopic (exact) mass is 253 g/mol. The lowest BCUT2D eigenvalue weighted by atomic mass is 10.1. The molecule has 0 radical (unpaired) electrons. The van der Waals surface area contributed by atoms with Gasteiger partial charge in [-0.15, -0.1) is 0 Å². The summed E-state index contributed by atoms with van der Waals surface area (Å²) in [7, 11) is 0. The third kappa shape index (κ3) is 2.61. The van der Waals surface area contributed by atoms with E-state index in [4.69, 9.17) is 16.7 Å². The molecule has 0 bridgehead atoms. The zero-order valence-electron chi connectivity index (χ0n) is 9.77. The molecule has 0 aromatic heterocycles. The van der Waals surface area contributed by atoms with Gasteiger partial charge < -0.3 is 5.11 Å². The first kappa shape index (κ1) is 12.4. The van der Waals surface area contributed by atoms with Crippen LogP contribution in [-0.2, 0) is 4.79 Å². The van der Waals surface area contributed by atoms with Crippen molar-refractivity contribution in [2.45, 2.75) is 19.4 Å². The van der Waals surface area contributed by atoms with E-state index < -0.39 is 5.97 Å². The topological polar surface area (TPSA) is 40.5 Å². The molecule has 1 aliphatic rings. The maximum Gasteiger partial charge on any atom is 0.307 e. The van der Waals surface area contributed by atoms with Gasteiger partial charge in [0.25, 0.3) is 0 Å². The first-order valence-corrected chi connectivity index (χ1v) is 6.18. The van der Waals surface area contributed by atoms with Gasteiger partial charge in [0.1, 0.15) is 0 Å². The van der Waals surface area contributed by atoms with E-state index in [1.807, 2.05) is 24.3 Å². The molecule has 1 aliphatic heterocycles. The Hall–Kier alpha value is -1.06. The van der Waals surface area contributed by atoms with Crippen molar-refractivity contribution in [3.05, 3.63) is 34.9 Å². The van der Waals surface area contributed by atoms with Crippen LogP contribution >= 0.6 is 11.6 Å². The smallest absolute Gasteiger partial charge is 0.307 e. The summed E-state index contributed by atoms with van der Waals surface area (Å²) in [6, 6.07) is 7.91. The number of benzene rings is 1. The van der Waals surface area contributed by atoms with Gasteiger partial charge in [-0.05, 0) is 31.5 Å². The van der Waals surface area contributed by atoms with Gasteiger partial charge in [-0.1, -0.05) is 29.8 Å². The van der Waals surface area contributed by atoms with E-state index in [-0.39, 0.29) is 12.0 Å². The maximum absolute atomic E-state index is 10.9. The fraction of sp³-hybridized carbons (Fsp3) is 0.462. The number of hydrogen-bond donors (Lipinski definition) is 1. The number of nitrogens with zero attached hydrogens (tertiary/aromatic N) is 1. The molecule has 2 atom stereocenters. The SMILES string of the molecule is C[C@H](c1ccccc1Cl)N1CC[C@@H](C(=O)O)C1. The van der Waals surface area contributed by atoms with Crippen LogP contribution in [-0.4, -0.2) is 29.1 Å². The van der Waals surface area contributed by atoms with E-state index in [0.717, 1.165) is 23.6 Å². The van der Waals surface area contributed by atoms with Crippen LogP contribution in [0.25, 0.3) is 0 Å². The molecule has 0 unspecified atom stereocenters. The molecule has 2 rings (SSSR count). The van der Waals surface area contributed by atoms with Gasteiger partial charge in [-0.2, -0.15) is 0 Å². The highest BCUT2D eigenvalue weighted by Gasteiger charge is 2.31. The van der Waals surface area contributed by atoms with Gasteiger partial charge in [-0.3, -0.25) is 9.69 Å². The average molecular weight is 254 g/mol. The molecule has 0 saturated carbocycles. The normalized spacial score (nSPS) is 22.6. The molecule has 0 aliphatic carbocycles. The van der Waals surface area contributed by atoms with Gasteiger partial charge in [0, 0.05) is 17.6 Å². The Morgan fingerprint density at radius 1 is 1.53 bits per heavy atom. The van der Waals surface area contributed by atoms with Crippen molar-refractivity contribution in [1.29, 1.82) is 0 Å². The molecule has 92 valence electrons. The van der Waals surface area contributed by atoms with Gasteiger partial charge in [0.2, 0.25) is 0 Å². The van der Waals surface area contributed by atoms with Gasteiger partial charge in [-0.25, -0.2) is 0 Å². The van der Waals surface area contributed by atoms with Crippen molar-refractivity contribution in [3.8, 4) is 0 Å². The van der Waals surface area contributed by atoms with Crippen LogP contribution < -0.4 is 0 Å². The van der Waals surface area contributed by atoms with E-state index in [0.29, 0.717) is 6.54 Å². The number of halogens is 1. The quantitative estimate of drug-likeness (QED) is 0.901. The summed E-state index contributed by atoms with van der Waals surface area (Å²) < 4.78 is 0. The standard InChI is InChI=1S/C13H16ClNO2/c1-9(11-4-2-3-5-12(11)14)15-7-6-10(8-15)13(16)17/h2-5,9-10H,6-8H2,1H3,(H,16,17)/t9-,10-/m1/s1. The second-order valence-corrected chi connectivity index (χ2v) is 4.92. The van der Waals surface area contributed by atoms with Crippen molar-refractivity contribution >= 4 is 17.6 Å². The lowest BCUT2D eigenvalue weighted by Gasteiger charge is -2.25. The summed E-state index contributed by atoms with van der Waals surface area (Å²) in [5.74, 6) is -0.932. The number of aliphatic carboxylic acids is 1. The molecule has 1 saturated heterocycles. The van der Waals surface area contributed by atoms with Crippen molar-refractivity contribution in [1.82, 2.24) is 4.90 Å². The largest absolute Gasteiger partial charge is 0.481 e. The number of rotatable bonds is 3. The minimum Gasteiger partial charge on any atom is -0.481 e. The van der Waals surface area contributed by atoms with Crippen LogP contribution in [0.1, 0.15) is 24.9 Å². The molecule has 4 heteroatoms. The Balaban J connectivity index is 2.09. The van der Waals surface area contributed by atoms with Gasteiger partial charge in [0.15, 0.2) is 0 Å². The summed E-state index contributed by atoms with van der Waals surface area (Å²) >= 11 is 6.15. The lowest BCUT2D eigenvalue weighted by Crippen LogP contribution is -2.26. The molecule has 17 heavy (non-hydrogen) atoms. The molecule has 1 fully saturated rings. The van der Waals surface area contributed by atoms with Gasteiger partial charge >= 0.3 is 5.97 Å². The molecule has 3 nitrogen and oxygen atoms in total. The Labute approximate surface area is 106 Å². The minimum absolute atomic E-state index is 0.174. The second-order valence-electron chi connectivity index (χ2n) is 4.52. The lowest BCUT2D eigenvalue weighted by molar-refractivity contribution is -0.141. The van der Waals surface area contributed by atoms with Crippen molar-refractivity contribution in [2.75, 3.05) is 13.1 Å². The second kappa shape index (κ2) is 5.07. The highest BCUT2D eigenvalue weighted by Crippen LogP contribution is 2.31. The molecule has 1 aromatic carbocycles. The molecule has 1 aromatic rings. The third-order valence-corrected chi connectivity index (χ3v) is 3.82. The zero-order chi connectivity index (χ0) is 12.4. The van der Waals surface area contributed by atoms with Crippen molar-refractivity contribution in [3.63, 3.8) is 0 Å². The van der Waals surface area contributed by atoms with Gasteiger partial charge in [0.05, 0.1) is 5.92 Å². The zero-order valence-corrected chi connectivity index (χ0v) is 10.5. The van der Waals surface area contributed by atoms with E-state index in [1.165, 1.54) is 0 Å². The molecule has 1 heterocycles. The first-order chi connectivity index (χ1) is 8.09. The highest BCUT2D eigenvalue weighted by atomic mass is 35.5. The third-order valence-electron chi connectivity index (χ3n) is 3.47. The summed E-state index contributed by atoms with van der Waals surface area (Å²) in [5, 5.41) is 9.73. The van der Waals surface area contributed by atoms with Crippen LogP contribution in [0.3, 0.4) is 0 Å². The van der Waals surface area contributed by atoms with E-state index in [9.17, 15) is 4.79 Å². The predicted molar refractivity (Wildman–Crippen MR) is 67.2 cm³/mol. The summed E-state index contributed by atoms with van der Waals surface area (Å²) in [6.45, 7) is 3.51. The Kier molecular flexibility index (Phi) is 3.69. The van der Waals surface area contributed by atoms with Crippen molar-refractivity contribution in [2.24, 2.45) is 5.92 Å². The molecular formula is C13H16ClNO2. The van der Waals surface area contributed by atoms with Crippen molar-refractivity contribution < 1.29 is 9.90 Å². The number of carboxylic acids is 1. The van der Waals surface area contributed by atoms with E-state index >= 15 is 0 Å². The van der Waals surface area contributed by atoms with Crippen LogP contribution in [0.5, 0.6) is 0 Å². The minimum atomic E-state index is -0.696. The number of hydrogen-bond acceptors (Lipinski definition) is 2. The number of likely N-dealkylation sites (tertiary alicyclic amines) is 1. The first-order valence-electron chi connectivity index (χ1n) is 5.81.